The molecule has 5 nitrogen and oxygen atoms in total. The van der Waals surface area contributed by atoms with Crippen molar-refractivity contribution in [2.75, 3.05) is 19.6 Å². The van der Waals surface area contributed by atoms with Gasteiger partial charge in [0.05, 0.1) is 0 Å². The van der Waals surface area contributed by atoms with Crippen molar-refractivity contribution in [2.24, 2.45) is 11.7 Å². The van der Waals surface area contributed by atoms with Crippen LogP contribution < -0.4 is 5.73 Å². The molecule has 3 N–H and O–H groups in total. The van der Waals surface area contributed by atoms with E-state index in [1.807, 2.05) is 0 Å². The Balaban J connectivity index is 2.37. The molecule has 0 bridgehead atoms. The molecular weight excluding hydrogens is 208 g/mol. The van der Waals surface area contributed by atoms with Gasteiger partial charge in [-0.2, -0.15) is 0 Å². The lowest BCUT2D eigenvalue weighted by Gasteiger charge is -2.32. The Kier molecular flexibility index (Phi) is 5.25. The molecule has 1 heterocycles. The number of likely N-dealkylation sites (tertiary alicyclic amines) is 1. The highest BCUT2D eigenvalue weighted by Gasteiger charge is 2.24. The second-order valence-electron chi connectivity index (χ2n) is 4.34. The third kappa shape index (κ3) is 4.18. The van der Waals surface area contributed by atoms with Crippen LogP contribution in [0.1, 0.15) is 32.1 Å². The van der Waals surface area contributed by atoms with E-state index in [9.17, 15) is 9.59 Å². The van der Waals surface area contributed by atoms with Crippen molar-refractivity contribution >= 4 is 11.9 Å². The smallest absolute Gasteiger partial charge is 0.303 e. The lowest BCUT2D eigenvalue weighted by atomic mass is 9.94. The Morgan fingerprint density at radius 1 is 1.44 bits per heavy atom. The van der Waals surface area contributed by atoms with Crippen molar-refractivity contribution in [1.82, 2.24) is 4.90 Å². The molecule has 0 spiro atoms. The maximum Gasteiger partial charge on any atom is 0.303 e. The minimum absolute atomic E-state index is 0.112. The zero-order valence-electron chi connectivity index (χ0n) is 9.52. The molecule has 1 fully saturated rings. The molecule has 0 aromatic rings. The summed E-state index contributed by atoms with van der Waals surface area (Å²) in [4.78, 5) is 24.1. The summed E-state index contributed by atoms with van der Waals surface area (Å²) in [5.41, 5.74) is 5.35. The van der Waals surface area contributed by atoms with Crippen molar-refractivity contribution in [2.45, 2.75) is 32.1 Å². The Bertz CT molecular complexity index is 256. The van der Waals surface area contributed by atoms with Gasteiger partial charge in [-0.1, -0.05) is 0 Å². The fourth-order valence-electron chi connectivity index (χ4n) is 2.12. The summed E-state index contributed by atoms with van der Waals surface area (Å²) in [7, 11) is 0. The molecule has 1 saturated heterocycles. The number of piperidine rings is 1. The van der Waals surface area contributed by atoms with Crippen LogP contribution in [-0.2, 0) is 9.59 Å². The molecule has 1 unspecified atom stereocenters. The highest BCUT2D eigenvalue weighted by atomic mass is 16.4. The average molecular weight is 228 g/mol. The van der Waals surface area contributed by atoms with E-state index in [-0.39, 0.29) is 18.2 Å². The third-order valence-corrected chi connectivity index (χ3v) is 2.93. The first kappa shape index (κ1) is 13.0. The number of carbonyl (C=O) groups is 2. The van der Waals surface area contributed by atoms with Crippen molar-refractivity contribution in [3.8, 4) is 0 Å². The quantitative estimate of drug-likeness (QED) is 0.715. The van der Waals surface area contributed by atoms with Gasteiger partial charge in [-0.15, -0.1) is 0 Å². The van der Waals surface area contributed by atoms with Gasteiger partial charge in [-0.25, -0.2) is 0 Å². The number of hydrogen-bond donors (Lipinski definition) is 2. The lowest BCUT2D eigenvalue weighted by molar-refractivity contribution is -0.140. The predicted octanol–water partition coefficient (Wildman–Crippen LogP) is 0.439. The first-order chi connectivity index (χ1) is 7.63. The fourth-order valence-corrected chi connectivity index (χ4v) is 2.12. The van der Waals surface area contributed by atoms with Crippen LogP contribution in [0.5, 0.6) is 0 Å². The van der Waals surface area contributed by atoms with Gasteiger partial charge < -0.3 is 15.7 Å². The van der Waals surface area contributed by atoms with Crippen molar-refractivity contribution < 1.29 is 14.7 Å². The van der Waals surface area contributed by atoms with Crippen LogP contribution in [0.4, 0.5) is 0 Å². The van der Waals surface area contributed by atoms with Crippen LogP contribution >= 0.6 is 0 Å². The number of carboxylic acids is 1. The SMILES string of the molecule is NCCCC(=O)N1CCCC(CC(=O)O)C1. The van der Waals surface area contributed by atoms with Crippen molar-refractivity contribution in [3.63, 3.8) is 0 Å². The molecule has 1 atom stereocenters. The maximum absolute atomic E-state index is 11.7. The summed E-state index contributed by atoms with van der Waals surface area (Å²) in [6.45, 7) is 1.88. The standard InChI is InChI=1S/C11H20N2O3/c12-5-1-4-10(14)13-6-2-3-9(8-13)7-11(15)16/h9H,1-8,12H2,(H,15,16). The number of nitrogens with zero attached hydrogens (tertiary/aromatic N) is 1. The molecule has 92 valence electrons. The highest BCUT2D eigenvalue weighted by molar-refractivity contribution is 5.76. The van der Waals surface area contributed by atoms with Crippen LogP contribution in [-0.4, -0.2) is 41.5 Å². The normalized spacial score (nSPS) is 20.8. The Labute approximate surface area is 95.6 Å². The summed E-state index contributed by atoms with van der Waals surface area (Å²) < 4.78 is 0. The van der Waals surface area contributed by atoms with Gasteiger partial charge in [-0.3, -0.25) is 9.59 Å². The minimum Gasteiger partial charge on any atom is -0.481 e. The van der Waals surface area contributed by atoms with Gasteiger partial charge in [0.2, 0.25) is 5.91 Å². The van der Waals surface area contributed by atoms with E-state index in [1.165, 1.54) is 0 Å². The summed E-state index contributed by atoms with van der Waals surface area (Å²) in [5.74, 6) is -0.546. The zero-order chi connectivity index (χ0) is 12.0. The lowest BCUT2D eigenvalue weighted by Crippen LogP contribution is -2.40. The first-order valence-electron chi connectivity index (χ1n) is 5.83. The molecule has 0 saturated carbocycles. The summed E-state index contributed by atoms with van der Waals surface area (Å²) in [6, 6.07) is 0. The van der Waals surface area contributed by atoms with E-state index >= 15 is 0 Å². The summed E-state index contributed by atoms with van der Waals surface area (Å²) in [6.07, 6.45) is 3.18. The van der Waals surface area contributed by atoms with Gasteiger partial charge in [0, 0.05) is 25.9 Å². The Morgan fingerprint density at radius 2 is 2.19 bits per heavy atom. The largest absolute Gasteiger partial charge is 0.481 e. The molecular formula is C11H20N2O3. The molecule has 1 aliphatic heterocycles. The summed E-state index contributed by atoms with van der Waals surface area (Å²) in [5, 5.41) is 8.71. The molecule has 0 aromatic heterocycles. The average Bonchev–Trinajstić information content (AvgIpc) is 2.25. The van der Waals surface area contributed by atoms with E-state index in [0.29, 0.717) is 25.9 Å². The van der Waals surface area contributed by atoms with Gasteiger partial charge >= 0.3 is 5.97 Å². The van der Waals surface area contributed by atoms with Crippen molar-refractivity contribution in [1.29, 1.82) is 0 Å². The minimum atomic E-state index is -0.777. The Morgan fingerprint density at radius 3 is 2.81 bits per heavy atom. The van der Waals surface area contributed by atoms with Crippen LogP contribution in [0.15, 0.2) is 0 Å². The van der Waals surface area contributed by atoms with E-state index in [1.54, 1.807) is 4.90 Å². The van der Waals surface area contributed by atoms with Crippen molar-refractivity contribution in [3.05, 3.63) is 0 Å². The molecule has 1 aliphatic rings. The van der Waals surface area contributed by atoms with E-state index in [2.05, 4.69) is 0 Å². The number of carbonyl (C=O) groups excluding carboxylic acids is 1. The van der Waals surface area contributed by atoms with Gasteiger partial charge in [0.25, 0.3) is 0 Å². The van der Waals surface area contributed by atoms with Gasteiger partial charge in [0.15, 0.2) is 0 Å². The Hall–Kier alpha value is -1.10. The molecule has 0 aromatic carbocycles. The number of nitrogens with two attached hydrogens (primary N) is 1. The second kappa shape index (κ2) is 6.48. The third-order valence-electron chi connectivity index (χ3n) is 2.93. The number of aliphatic carboxylic acids is 1. The van der Waals surface area contributed by atoms with Crippen LogP contribution in [0.3, 0.4) is 0 Å². The van der Waals surface area contributed by atoms with Crippen LogP contribution in [0, 0.1) is 5.92 Å². The molecule has 16 heavy (non-hydrogen) atoms. The van der Waals surface area contributed by atoms with Gasteiger partial charge in [-0.05, 0) is 31.7 Å². The first-order valence-corrected chi connectivity index (χ1v) is 5.83. The molecule has 0 aliphatic carbocycles. The van der Waals surface area contributed by atoms with E-state index in [4.69, 9.17) is 10.8 Å². The molecule has 1 rings (SSSR count). The second-order valence-corrected chi connectivity index (χ2v) is 4.34. The predicted molar refractivity (Wildman–Crippen MR) is 59.8 cm³/mol. The maximum atomic E-state index is 11.7. The topological polar surface area (TPSA) is 83.6 Å². The number of hydrogen-bond acceptors (Lipinski definition) is 3. The highest BCUT2D eigenvalue weighted by Crippen LogP contribution is 2.20. The number of rotatable bonds is 5. The molecule has 5 heteroatoms. The van der Waals surface area contributed by atoms with Crippen LogP contribution in [0.2, 0.25) is 0 Å². The molecule has 0 radical (unpaired) electrons. The molecule has 1 amide bonds. The fraction of sp³-hybridized carbons (Fsp3) is 0.818. The summed E-state index contributed by atoms with van der Waals surface area (Å²) >= 11 is 0. The van der Waals surface area contributed by atoms with E-state index < -0.39 is 5.97 Å². The number of amides is 1. The monoisotopic (exact) mass is 228 g/mol. The number of carboxylic acid groups (broad SMARTS) is 1. The van der Waals surface area contributed by atoms with Crippen LogP contribution in [0.25, 0.3) is 0 Å². The van der Waals surface area contributed by atoms with Gasteiger partial charge in [0.1, 0.15) is 0 Å². The zero-order valence-corrected chi connectivity index (χ0v) is 9.52. The van der Waals surface area contributed by atoms with E-state index in [0.717, 1.165) is 19.4 Å².